The number of carbonyl (C=O) groups is 1. The summed E-state index contributed by atoms with van der Waals surface area (Å²) in [6.07, 6.45) is -4.49. The van der Waals surface area contributed by atoms with Crippen LogP contribution in [0, 0.1) is 0 Å². The topological polar surface area (TPSA) is 59.2 Å². The summed E-state index contributed by atoms with van der Waals surface area (Å²) in [6.45, 7) is -1.46. The minimum Gasteiger partial charge on any atom is -0.411 e. The Bertz CT molecular complexity index is 967. The monoisotopic (exact) mass is 485 g/mol. The number of halogens is 4. The van der Waals surface area contributed by atoms with Gasteiger partial charge in [0.1, 0.15) is 6.54 Å². The van der Waals surface area contributed by atoms with Crippen molar-refractivity contribution in [3.63, 3.8) is 0 Å². The third-order valence-electron chi connectivity index (χ3n) is 3.77. The number of carbonyl (C=O) groups excluding carboxylic acids is 1. The lowest BCUT2D eigenvalue weighted by molar-refractivity contribution is -0.160. The van der Waals surface area contributed by atoms with Gasteiger partial charge in [0.2, 0.25) is 11.8 Å². The number of nitrogens with zero attached hydrogens (tertiary/aromatic N) is 3. The van der Waals surface area contributed by atoms with Crippen molar-refractivity contribution in [1.29, 1.82) is 0 Å². The molecule has 152 valence electrons. The molecule has 1 aromatic heterocycles. The highest BCUT2D eigenvalue weighted by molar-refractivity contribution is 9.10. The molecule has 29 heavy (non-hydrogen) atoms. The van der Waals surface area contributed by atoms with Gasteiger partial charge in [-0.1, -0.05) is 54.2 Å². The van der Waals surface area contributed by atoms with Crippen molar-refractivity contribution in [3.8, 4) is 11.5 Å². The van der Waals surface area contributed by atoms with Gasteiger partial charge in [-0.3, -0.25) is 4.79 Å². The van der Waals surface area contributed by atoms with Crippen LogP contribution >= 0.6 is 27.7 Å². The normalized spacial score (nSPS) is 11.4. The summed E-state index contributed by atoms with van der Waals surface area (Å²) in [5.74, 6) is -0.666. The molecule has 0 spiro atoms. The van der Waals surface area contributed by atoms with E-state index in [1.807, 2.05) is 12.1 Å². The average Bonchev–Trinajstić information content (AvgIpc) is 3.14. The van der Waals surface area contributed by atoms with Crippen molar-refractivity contribution in [1.82, 2.24) is 15.1 Å². The maximum absolute atomic E-state index is 12.9. The summed E-state index contributed by atoms with van der Waals surface area (Å²) in [4.78, 5) is 13.2. The number of amides is 1. The van der Waals surface area contributed by atoms with Gasteiger partial charge in [0.15, 0.2) is 0 Å². The predicted molar refractivity (Wildman–Crippen MR) is 106 cm³/mol. The molecule has 1 amide bonds. The van der Waals surface area contributed by atoms with Gasteiger partial charge in [0.25, 0.3) is 5.22 Å². The van der Waals surface area contributed by atoms with E-state index >= 15 is 0 Å². The molecule has 0 N–H and O–H groups in total. The minimum atomic E-state index is -4.49. The molecule has 0 bridgehead atoms. The Balaban J connectivity index is 1.66. The van der Waals surface area contributed by atoms with Gasteiger partial charge in [0.05, 0.1) is 11.3 Å². The Kier molecular flexibility index (Phi) is 6.96. The maximum Gasteiger partial charge on any atom is 0.406 e. The van der Waals surface area contributed by atoms with Gasteiger partial charge in [-0.2, -0.15) is 13.2 Å². The summed E-state index contributed by atoms with van der Waals surface area (Å²) in [5, 5.41) is 7.89. The molecular weight excluding hydrogens is 471 g/mol. The second-order valence-electron chi connectivity index (χ2n) is 5.99. The molecule has 0 aliphatic heterocycles. The lowest BCUT2D eigenvalue weighted by Gasteiger charge is -2.23. The Morgan fingerprint density at radius 1 is 1.07 bits per heavy atom. The van der Waals surface area contributed by atoms with E-state index in [1.54, 1.807) is 42.5 Å². The van der Waals surface area contributed by atoms with Gasteiger partial charge < -0.3 is 9.32 Å². The number of hydrogen-bond acceptors (Lipinski definition) is 5. The largest absolute Gasteiger partial charge is 0.411 e. The van der Waals surface area contributed by atoms with Crippen LogP contribution in [0.25, 0.3) is 11.5 Å². The molecule has 0 unspecified atom stereocenters. The highest BCUT2D eigenvalue weighted by Crippen LogP contribution is 2.29. The molecule has 0 atom stereocenters. The first-order valence-corrected chi connectivity index (χ1v) is 10.2. The maximum atomic E-state index is 12.9. The lowest BCUT2D eigenvalue weighted by Crippen LogP contribution is -2.39. The minimum absolute atomic E-state index is 0.107. The fourth-order valence-electron chi connectivity index (χ4n) is 2.48. The van der Waals surface area contributed by atoms with E-state index in [1.165, 1.54) is 0 Å². The lowest BCUT2D eigenvalue weighted by atomic mass is 10.2. The Labute approximate surface area is 177 Å². The van der Waals surface area contributed by atoms with Crippen molar-refractivity contribution in [2.45, 2.75) is 17.9 Å². The van der Waals surface area contributed by atoms with E-state index in [9.17, 15) is 18.0 Å². The predicted octanol–water partition coefficient (Wildman–Crippen LogP) is 5.18. The van der Waals surface area contributed by atoms with E-state index in [4.69, 9.17) is 4.42 Å². The molecule has 0 aliphatic carbocycles. The van der Waals surface area contributed by atoms with Crippen molar-refractivity contribution >= 4 is 33.6 Å². The number of thioether (sulfide) groups is 1. The zero-order valence-corrected chi connectivity index (χ0v) is 17.3. The van der Waals surface area contributed by atoms with Gasteiger partial charge >= 0.3 is 6.18 Å². The van der Waals surface area contributed by atoms with Crippen LogP contribution in [0.1, 0.15) is 5.56 Å². The van der Waals surface area contributed by atoms with Crippen LogP contribution in [0.4, 0.5) is 13.2 Å². The average molecular weight is 486 g/mol. The van der Waals surface area contributed by atoms with Crippen LogP contribution in [-0.4, -0.2) is 39.5 Å². The van der Waals surface area contributed by atoms with Crippen LogP contribution in [-0.2, 0) is 11.3 Å². The number of alkyl halides is 3. The van der Waals surface area contributed by atoms with Crippen LogP contribution in [0.2, 0.25) is 0 Å². The number of aromatic nitrogens is 2. The summed E-state index contributed by atoms with van der Waals surface area (Å²) in [6, 6.07) is 15.8. The molecule has 5 nitrogen and oxygen atoms in total. The Hall–Kier alpha value is -2.33. The molecule has 10 heteroatoms. The fraction of sp³-hybridized carbons (Fsp3) is 0.211. The fourth-order valence-corrected chi connectivity index (χ4v) is 3.60. The van der Waals surface area contributed by atoms with Gasteiger partial charge in [0, 0.05) is 11.0 Å². The summed E-state index contributed by atoms with van der Waals surface area (Å²) in [5.41, 5.74) is 1.30. The highest BCUT2D eigenvalue weighted by atomic mass is 79.9. The zero-order chi connectivity index (χ0) is 20.9. The molecule has 1 heterocycles. The number of rotatable bonds is 7. The van der Waals surface area contributed by atoms with E-state index in [0.717, 1.165) is 21.1 Å². The summed E-state index contributed by atoms with van der Waals surface area (Å²) < 4.78 is 45.0. The van der Waals surface area contributed by atoms with Crippen molar-refractivity contribution in [2.24, 2.45) is 0 Å². The van der Waals surface area contributed by atoms with E-state index in [-0.39, 0.29) is 23.4 Å². The third-order valence-corrected chi connectivity index (χ3v) is 5.26. The second-order valence-corrected chi connectivity index (χ2v) is 7.77. The zero-order valence-electron chi connectivity index (χ0n) is 14.9. The SMILES string of the molecule is O=C(CSc1nnc(-c2ccccc2Br)o1)N(Cc1ccccc1)CC(F)(F)F. The molecule has 0 fully saturated rings. The van der Waals surface area contributed by atoms with Crippen LogP contribution in [0.15, 0.2) is 68.7 Å². The van der Waals surface area contributed by atoms with Crippen molar-refractivity contribution in [3.05, 3.63) is 64.6 Å². The second kappa shape index (κ2) is 9.45. The molecule has 3 rings (SSSR count). The van der Waals surface area contributed by atoms with E-state index in [2.05, 4.69) is 26.1 Å². The molecule has 2 aromatic carbocycles. The molecule has 0 saturated heterocycles. The van der Waals surface area contributed by atoms with Gasteiger partial charge in [-0.15, -0.1) is 10.2 Å². The summed E-state index contributed by atoms with van der Waals surface area (Å²) >= 11 is 4.28. The van der Waals surface area contributed by atoms with Crippen LogP contribution < -0.4 is 0 Å². The third kappa shape index (κ3) is 6.33. The van der Waals surface area contributed by atoms with Gasteiger partial charge in [-0.25, -0.2) is 0 Å². The molecule has 3 aromatic rings. The Morgan fingerprint density at radius 3 is 2.45 bits per heavy atom. The standard InChI is InChI=1S/C19H15BrF3N3O2S/c20-15-9-5-4-8-14(15)17-24-25-18(28-17)29-11-16(27)26(12-19(21,22)23)10-13-6-2-1-3-7-13/h1-9H,10-12H2. The first-order chi connectivity index (χ1) is 13.8. The van der Waals surface area contributed by atoms with E-state index in [0.29, 0.717) is 11.1 Å². The number of benzene rings is 2. The smallest absolute Gasteiger partial charge is 0.406 e. The van der Waals surface area contributed by atoms with Crippen LogP contribution in [0.3, 0.4) is 0 Å². The molecule has 0 radical (unpaired) electrons. The quantitative estimate of drug-likeness (QED) is 0.431. The summed E-state index contributed by atoms with van der Waals surface area (Å²) in [7, 11) is 0. The van der Waals surface area contributed by atoms with Gasteiger partial charge in [-0.05, 0) is 33.6 Å². The molecular formula is C19H15BrF3N3O2S. The Morgan fingerprint density at radius 2 is 1.76 bits per heavy atom. The first kappa shape index (κ1) is 21.4. The van der Waals surface area contributed by atoms with Crippen molar-refractivity contribution < 1.29 is 22.4 Å². The first-order valence-electron chi connectivity index (χ1n) is 8.41. The highest BCUT2D eigenvalue weighted by Gasteiger charge is 2.33. The molecule has 0 saturated carbocycles. The molecule has 0 aliphatic rings. The van der Waals surface area contributed by atoms with E-state index < -0.39 is 18.6 Å². The van der Waals surface area contributed by atoms with Crippen molar-refractivity contribution in [2.75, 3.05) is 12.3 Å². The van der Waals surface area contributed by atoms with Crippen LogP contribution in [0.5, 0.6) is 0 Å². The number of hydrogen-bond donors (Lipinski definition) is 0.